The first-order valence-corrected chi connectivity index (χ1v) is 26.4. The van der Waals surface area contributed by atoms with Crippen molar-refractivity contribution in [3.63, 3.8) is 0 Å². The number of carbonyl (C=O) groups is 2. The number of amides is 2. The van der Waals surface area contributed by atoms with E-state index in [1.165, 1.54) is 4.90 Å². The summed E-state index contributed by atoms with van der Waals surface area (Å²) in [5.41, 5.74) is 11.3. The lowest BCUT2D eigenvalue weighted by molar-refractivity contribution is -0.141. The Morgan fingerprint density at radius 2 is 1.62 bits per heavy atom. The molecule has 1 saturated carbocycles. The number of benzene rings is 2. The summed E-state index contributed by atoms with van der Waals surface area (Å²) in [6, 6.07) is 21.7. The molecule has 402 valence electrons. The zero-order chi connectivity index (χ0) is 54.0. The van der Waals surface area contributed by atoms with Gasteiger partial charge < -0.3 is 59.3 Å². The van der Waals surface area contributed by atoms with Crippen molar-refractivity contribution >= 4 is 29.0 Å². The number of aromatic nitrogens is 8. The van der Waals surface area contributed by atoms with Crippen LogP contribution in [0.25, 0.3) is 16.9 Å². The van der Waals surface area contributed by atoms with Crippen LogP contribution in [0.15, 0.2) is 108 Å². The van der Waals surface area contributed by atoms with Crippen LogP contribution in [0, 0.1) is 24.7 Å². The van der Waals surface area contributed by atoms with Gasteiger partial charge in [0.2, 0.25) is 23.5 Å². The Kier molecular flexibility index (Phi) is 14.5. The van der Waals surface area contributed by atoms with E-state index in [-0.39, 0.29) is 90.9 Å². The van der Waals surface area contributed by atoms with Crippen molar-refractivity contribution in [3.8, 4) is 52.0 Å². The molecule has 2 amide bonds. The first-order chi connectivity index (χ1) is 37.8. The number of nitrogens with one attached hydrogen (secondary N) is 1. The second kappa shape index (κ2) is 22.1. The summed E-state index contributed by atoms with van der Waals surface area (Å²) in [4.78, 5) is 51.6. The molecule has 2 bridgehead atoms. The van der Waals surface area contributed by atoms with Crippen LogP contribution in [0.3, 0.4) is 0 Å². The van der Waals surface area contributed by atoms with E-state index in [1.54, 1.807) is 43.0 Å². The number of hydrogen-bond acceptors (Lipinski definition) is 18. The van der Waals surface area contributed by atoms with Crippen LogP contribution >= 0.6 is 0 Å². The van der Waals surface area contributed by atoms with Crippen molar-refractivity contribution in [1.29, 1.82) is 0 Å². The molecular formula is C57H61N13O8. The van der Waals surface area contributed by atoms with E-state index in [4.69, 9.17) is 24.5 Å². The molecular weight excluding hydrogens is 995 g/mol. The van der Waals surface area contributed by atoms with Crippen LogP contribution in [-0.2, 0) is 9.59 Å². The third-order valence-corrected chi connectivity index (χ3v) is 15.0. The number of likely N-dealkylation sites (tertiary alicyclic amines) is 1. The number of anilines is 3. The molecule has 7 aromatic rings. The number of phenols is 1. The van der Waals surface area contributed by atoms with E-state index in [2.05, 4.69) is 62.2 Å². The SMILES string of the molecule is Cc1nccn1-c1ccc([C@H](C)NC(=O)[C@@H]2C[C@@H](O)CN2C(=O)[C@H](c2cc(OCC#Cc3ncc(OC4CC(Oc5cc(N6C7CC[C@@H]6CN(c6cc(-c8ccccc8O)nnc6N)C7)ccn5)C4)cn3)no2)C(C)C)cc1. The number of nitrogens with zero attached hydrogens (tertiary/aromatic N) is 11. The number of nitrogen functional groups attached to an aromatic ring is 1. The number of rotatable bonds is 16. The summed E-state index contributed by atoms with van der Waals surface area (Å²) in [5.74, 6) is 7.21. The number of carbonyl (C=O) groups excluding carboxylic acids is 2. The average molecular weight is 1060 g/mol. The number of hydrogen-bond donors (Lipinski definition) is 4. The number of β-amino-alcohol motifs (C(OH)–C–C–N with tert-alkyl or cyclic N) is 1. The third-order valence-electron chi connectivity index (χ3n) is 15.0. The maximum Gasteiger partial charge on any atom is 0.255 e. The average Bonchev–Trinajstić information content (AvgIpc) is 4.28. The monoisotopic (exact) mass is 1060 g/mol. The van der Waals surface area contributed by atoms with Gasteiger partial charge in [0.1, 0.15) is 35.7 Å². The summed E-state index contributed by atoms with van der Waals surface area (Å²) in [7, 11) is 0. The number of aryl methyl sites for hydroxylation is 1. The molecule has 3 saturated heterocycles. The van der Waals surface area contributed by atoms with Crippen molar-refractivity contribution in [3.05, 3.63) is 127 Å². The Labute approximate surface area is 450 Å². The minimum Gasteiger partial charge on any atom is -0.507 e. The predicted molar refractivity (Wildman–Crippen MR) is 287 cm³/mol. The fourth-order valence-electron chi connectivity index (χ4n) is 11.0. The first-order valence-electron chi connectivity index (χ1n) is 26.4. The maximum atomic E-state index is 14.2. The molecule has 21 heteroatoms. The maximum absolute atomic E-state index is 14.2. The van der Waals surface area contributed by atoms with Crippen molar-refractivity contribution in [1.82, 2.24) is 50.1 Å². The van der Waals surface area contributed by atoms with Crippen LogP contribution in [0.2, 0.25) is 0 Å². The van der Waals surface area contributed by atoms with Crippen molar-refractivity contribution in [2.75, 3.05) is 41.8 Å². The molecule has 4 fully saturated rings. The molecule has 78 heavy (non-hydrogen) atoms. The minimum atomic E-state index is -0.871. The highest BCUT2D eigenvalue weighted by atomic mass is 16.5. The topological polar surface area (TPSA) is 258 Å². The van der Waals surface area contributed by atoms with Gasteiger partial charge in [-0.15, -0.1) is 10.2 Å². The summed E-state index contributed by atoms with van der Waals surface area (Å²) < 4.78 is 25.8. The van der Waals surface area contributed by atoms with Crippen molar-refractivity contribution in [2.24, 2.45) is 5.92 Å². The number of fused-ring (bicyclic) bond motifs is 2. The lowest BCUT2D eigenvalue weighted by Gasteiger charge is -2.43. The van der Waals surface area contributed by atoms with Crippen molar-refractivity contribution < 1.29 is 38.5 Å². The lowest BCUT2D eigenvalue weighted by atomic mass is 9.91. The highest BCUT2D eigenvalue weighted by Gasteiger charge is 2.44. The highest BCUT2D eigenvalue weighted by Crippen LogP contribution is 2.40. The number of para-hydroxylation sites is 1. The number of imidazole rings is 1. The quantitative estimate of drug-likeness (QED) is 0.0815. The zero-order valence-corrected chi connectivity index (χ0v) is 43.7. The number of aliphatic hydroxyl groups excluding tert-OH is 1. The Bertz CT molecular complexity index is 3320. The van der Waals surface area contributed by atoms with E-state index in [0.29, 0.717) is 41.5 Å². The standard InChI is InChI=1S/C57H61N13O8/c1-33(2)54(57(74)69-32-41(71)23-48(69)56(73)63-34(3)36-11-13-37(14-12-36)68-20-19-59-35(68)4)50-27-53(66-78-50)75-21-7-10-51-61-28-44(29-62-51)76-42-24-43(25-42)77-52-22-38(17-18-60-52)70-39-15-16-40(70)31-67(30-39)47-26-46(64-65-55(47)58)45-8-5-6-9-49(45)72/h5-6,8-9,11-14,17-20,22,26-29,33-34,39-43,48,54,71-72H,15-16,21,23-25,30-32H2,1-4H3,(H2,58,65)(H,63,73)/t34-,39+,40?,41+,42?,43?,48-,54-/m0/s1. The van der Waals surface area contributed by atoms with Gasteiger partial charge in [-0.3, -0.25) is 9.59 Å². The van der Waals surface area contributed by atoms with E-state index in [1.807, 2.05) is 93.1 Å². The molecule has 4 aliphatic rings. The number of aliphatic hydroxyl groups is 1. The fourth-order valence-corrected chi connectivity index (χ4v) is 11.0. The van der Waals surface area contributed by atoms with Gasteiger partial charge in [0.15, 0.2) is 23.9 Å². The fraction of sp³-hybridized carbons (Fsp3) is 0.386. The first kappa shape index (κ1) is 51.3. The van der Waals surface area contributed by atoms with Crippen LogP contribution < -0.4 is 35.1 Å². The van der Waals surface area contributed by atoms with Crippen LogP contribution in [0.4, 0.5) is 17.2 Å². The van der Waals surface area contributed by atoms with Crippen molar-refractivity contribution in [2.45, 2.75) is 108 Å². The molecule has 8 heterocycles. The third kappa shape index (κ3) is 10.9. The number of ether oxygens (including phenoxy) is 3. The Hall–Kier alpha value is -8.77. The van der Waals surface area contributed by atoms with Gasteiger partial charge in [0.05, 0.1) is 35.9 Å². The molecule has 0 spiro atoms. The number of nitrogens with two attached hydrogens (primary N) is 1. The molecule has 1 unspecified atom stereocenters. The number of pyridine rings is 1. The summed E-state index contributed by atoms with van der Waals surface area (Å²) in [6.45, 7) is 9.06. The zero-order valence-electron chi connectivity index (χ0n) is 43.7. The molecule has 11 rings (SSSR count). The highest BCUT2D eigenvalue weighted by molar-refractivity contribution is 5.91. The van der Waals surface area contributed by atoms with Gasteiger partial charge >= 0.3 is 0 Å². The Morgan fingerprint density at radius 1 is 0.859 bits per heavy atom. The smallest absolute Gasteiger partial charge is 0.255 e. The molecule has 21 nitrogen and oxygen atoms in total. The largest absolute Gasteiger partial charge is 0.507 e. The van der Waals surface area contributed by atoms with E-state index in [9.17, 15) is 19.8 Å². The van der Waals surface area contributed by atoms with Gasteiger partial charge in [-0.1, -0.05) is 44.0 Å². The van der Waals surface area contributed by atoms with E-state index in [0.717, 1.165) is 54.4 Å². The van der Waals surface area contributed by atoms with Gasteiger partial charge in [-0.2, -0.15) is 0 Å². The number of piperazine rings is 1. The summed E-state index contributed by atoms with van der Waals surface area (Å²) in [6.07, 6.45) is 11.2. The number of aromatic hydroxyl groups is 1. The normalized spacial score (nSPS) is 21.3. The van der Waals surface area contributed by atoms with Gasteiger partial charge in [0.25, 0.3) is 5.88 Å². The van der Waals surface area contributed by atoms with E-state index >= 15 is 0 Å². The molecule has 6 atom stereocenters. The summed E-state index contributed by atoms with van der Waals surface area (Å²) in [5, 5.41) is 36.7. The number of phenolic OH excluding ortho intramolecular Hbond substituents is 1. The predicted octanol–water partition coefficient (Wildman–Crippen LogP) is 5.95. The molecule has 5 N–H and O–H groups in total. The van der Waals surface area contributed by atoms with Crippen LogP contribution in [-0.4, -0.2) is 129 Å². The van der Waals surface area contributed by atoms with Gasteiger partial charge in [-0.05, 0) is 85.6 Å². The molecule has 3 aliphatic heterocycles. The minimum absolute atomic E-state index is 0.0123. The van der Waals surface area contributed by atoms with E-state index < -0.39 is 18.1 Å². The molecule has 0 radical (unpaired) electrons. The molecule has 1 aliphatic carbocycles. The summed E-state index contributed by atoms with van der Waals surface area (Å²) >= 11 is 0. The van der Waals surface area contributed by atoms with Gasteiger partial charge in [-0.25, -0.2) is 19.9 Å². The second-order valence-electron chi connectivity index (χ2n) is 20.7. The van der Waals surface area contributed by atoms with Crippen LogP contribution in [0.1, 0.15) is 87.8 Å². The Balaban J connectivity index is 0.627. The van der Waals surface area contributed by atoms with Gasteiger partial charge in [0, 0.05) is 98.6 Å². The lowest BCUT2D eigenvalue weighted by Crippen LogP contribution is -2.54. The molecule has 2 aromatic carbocycles. The van der Waals surface area contributed by atoms with Crippen LogP contribution in [0.5, 0.6) is 23.3 Å². The Morgan fingerprint density at radius 3 is 2.35 bits per heavy atom. The molecule has 5 aromatic heterocycles. The second-order valence-corrected chi connectivity index (χ2v) is 20.7.